The molecule has 7 nitrogen and oxygen atoms in total. The molecule has 0 atom stereocenters. The SMILES string of the molecule is CNc1cnc(C(=O)NCc2c(C)noc2C)cn1. The quantitative estimate of drug-likeness (QED) is 0.854. The fourth-order valence-corrected chi connectivity index (χ4v) is 1.59. The topological polar surface area (TPSA) is 92.9 Å². The van der Waals surface area contributed by atoms with Crippen LogP contribution in [0.5, 0.6) is 0 Å². The summed E-state index contributed by atoms with van der Waals surface area (Å²) in [6.45, 7) is 4.00. The van der Waals surface area contributed by atoms with Crippen LogP contribution in [-0.4, -0.2) is 28.1 Å². The van der Waals surface area contributed by atoms with Gasteiger partial charge < -0.3 is 15.2 Å². The van der Waals surface area contributed by atoms with Gasteiger partial charge in [0.15, 0.2) is 0 Å². The number of rotatable bonds is 4. The highest BCUT2D eigenvalue weighted by Gasteiger charge is 2.12. The van der Waals surface area contributed by atoms with Gasteiger partial charge in [-0.1, -0.05) is 5.16 Å². The highest BCUT2D eigenvalue weighted by atomic mass is 16.5. The van der Waals surface area contributed by atoms with Crippen molar-refractivity contribution in [3.63, 3.8) is 0 Å². The van der Waals surface area contributed by atoms with Gasteiger partial charge in [0.1, 0.15) is 17.3 Å². The number of aromatic nitrogens is 3. The molecule has 19 heavy (non-hydrogen) atoms. The summed E-state index contributed by atoms with van der Waals surface area (Å²) in [6, 6.07) is 0. The number of hydrogen-bond acceptors (Lipinski definition) is 6. The van der Waals surface area contributed by atoms with E-state index < -0.39 is 0 Å². The summed E-state index contributed by atoms with van der Waals surface area (Å²) in [7, 11) is 1.74. The van der Waals surface area contributed by atoms with Gasteiger partial charge in [-0.3, -0.25) is 4.79 Å². The van der Waals surface area contributed by atoms with Crippen LogP contribution in [0, 0.1) is 13.8 Å². The van der Waals surface area contributed by atoms with Crippen LogP contribution in [0.3, 0.4) is 0 Å². The van der Waals surface area contributed by atoms with E-state index in [4.69, 9.17) is 4.52 Å². The molecule has 100 valence electrons. The Labute approximate surface area is 110 Å². The molecule has 2 N–H and O–H groups in total. The Hall–Kier alpha value is -2.44. The number of anilines is 1. The highest BCUT2D eigenvalue weighted by molar-refractivity contribution is 5.91. The lowest BCUT2D eigenvalue weighted by Gasteiger charge is -2.04. The van der Waals surface area contributed by atoms with Gasteiger partial charge in [0.25, 0.3) is 5.91 Å². The van der Waals surface area contributed by atoms with Crippen molar-refractivity contribution in [2.45, 2.75) is 20.4 Å². The van der Waals surface area contributed by atoms with Gasteiger partial charge in [-0.2, -0.15) is 0 Å². The number of nitrogens with zero attached hydrogens (tertiary/aromatic N) is 3. The minimum atomic E-state index is -0.282. The minimum Gasteiger partial charge on any atom is -0.372 e. The summed E-state index contributed by atoms with van der Waals surface area (Å²) in [5.41, 5.74) is 1.92. The van der Waals surface area contributed by atoms with E-state index in [1.165, 1.54) is 12.4 Å². The largest absolute Gasteiger partial charge is 0.372 e. The third-order valence-corrected chi connectivity index (χ3v) is 2.75. The maximum Gasteiger partial charge on any atom is 0.271 e. The highest BCUT2D eigenvalue weighted by Crippen LogP contribution is 2.11. The molecular weight excluding hydrogens is 246 g/mol. The van der Waals surface area contributed by atoms with Crippen molar-refractivity contribution in [1.29, 1.82) is 0 Å². The van der Waals surface area contributed by atoms with E-state index in [2.05, 4.69) is 25.8 Å². The summed E-state index contributed by atoms with van der Waals surface area (Å²) < 4.78 is 5.03. The van der Waals surface area contributed by atoms with Crippen molar-refractivity contribution < 1.29 is 9.32 Å². The van der Waals surface area contributed by atoms with Crippen molar-refractivity contribution in [1.82, 2.24) is 20.4 Å². The number of aryl methyl sites for hydroxylation is 2. The maximum absolute atomic E-state index is 11.9. The molecule has 0 spiro atoms. The molecule has 0 fully saturated rings. The average Bonchev–Trinajstić information content (AvgIpc) is 2.75. The smallest absolute Gasteiger partial charge is 0.271 e. The van der Waals surface area contributed by atoms with Gasteiger partial charge in [0.2, 0.25) is 0 Å². The molecule has 0 unspecified atom stereocenters. The Kier molecular flexibility index (Phi) is 3.74. The van der Waals surface area contributed by atoms with Gasteiger partial charge in [0, 0.05) is 19.2 Å². The predicted octanol–water partition coefficient (Wildman–Crippen LogP) is 1.05. The molecule has 2 aromatic heterocycles. The summed E-state index contributed by atoms with van der Waals surface area (Å²) in [6.07, 6.45) is 2.93. The molecule has 0 radical (unpaired) electrons. The Balaban J connectivity index is 2.01. The summed E-state index contributed by atoms with van der Waals surface area (Å²) >= 11 is 0. The van der Waals surface area contributed by atoms with E-state index in [-0.39, 0.29) is 11.6 Å². The van der Waals surface area contributed by atoms with Crippen LogP contribution in [0.4, 0.5) is 5.82 Å². The first-order chi connectivity index (χ1) is 9.11. The fourth-order valence-electron chi connectivity index (χ4n) is 1.59. The first kappa shape index (κ1) is 13.0. The lowest BCUT2D eigenvalue weighted by Crippen LogP contribution is -2.24. The normalized spacial score (nSPS) is 10.3. The zero-order valence-corrected chi connectivity index (χ0v) is 11.0. The molecule has 0 saturated carbocycles. The van der Waals surface area contributed by atoms with E-state index in [9.17, 15) is 4.79 Å². The van der Waals surface area contributed by atoms with Crippen molar-refractivity contribution >= 4 is 11.7 Å². The molecule has 0 saturated heterocycles. The number of nitrogens with one attached hydrogen (secondary N) is 2. The van der Waals surface area contributed by atoms with E-state index >= 15 is 0 Å². The first-order valence-electron chi connectivity index (χ1n) is 5.81. The molecule has 0 bridgehead atoms. The van der Waals surface area contributed by atoms with Crippen LogP contribution >= 0.6 is 0 Å². The lowest BCUT2D eigenvalue weighted by molar-refractivity contribution is 0.0945. The molecule has 2 heterocycles. The first-order valence-corrected chi connectivity index (χ1v) is 5.81. The van der Waals surface area contributed by atoms with Gasteiger partial charge in [-0.25, -0.2) is 9.97 Å². The van der Waals surface area contributed by atoms with Crippen molar-refractivity contribution in [3.05, 3.63) is 35.1 Å². The van der Waals surface area contributed by atoms with Crippen molar-refractivity contribution in [2.75, 3.05) is 12.4 Å². The third-order valence-electron chi connectivity index (χ3n) is 2.75. The standard InChI is InChI=1S/C12H15N5O2/c1-7-9(8(2)19-17-7)4-16-12(18)10-5-15-11(13-3)6-14-10/h5-6H,4H2,1-3H3,(H,13,15)(H,16,18). The van der Waals surface area contributed by atoms with Crippen LogP contribution in [0.15, 0.2) is 16.9 Å². The zero-order chi connectivity index (χ0) is 13.8. The van der Waals surface area contributed by atoms with E-state index in [1.807, 2.05) is 13.8 Å². The number of hydrogen-bond donors (Lipinski definition) is 2. The summed E-state index contributed by atoms with van der Waals surface area (Å²) in [5, 5.41) is 9.42. The van der Waals surface area contributed by atoms with E-state index in [0.717, 1.165) is 11.3 Å². The van der Waals surface area contributed by atoms with Crippen LogP contribution in [-0.2, 0) is 6.54 Å². The molecule has 7 heteroatoms. The second kappa shape index (κ2) is 5.47. The fraction of sp³-hybridized carbons (Fsp3) is 0.333. The molecule has 0 aromatic carbocycles. The van der Waals surface area contributed by atoms with Crippen LogP contribution in [0.2, 0.25) is 0 Å². The van der Waals surface area contributed by atoms with Crippen LogP contribution in [0.25, 0.3) is 0 Å². The van der Waals surface area contributed by atoms with Crippen LogP contribution in [0.1, 0.15) is 27.5 Å². The van der Waals surface area contributed by atoms with Gasteiger partial charge >= 0.3 is 0 Å². The molecule has 0 aliphatic rings. The number of carbonyl (C=O) groups excluding carboxylic acids is 1. The molecular formula is C12H15N5O2. The summed E-state index contributed by atoms with van der Waals surface area (Å²) in [4.78, 5) is 19.9. The Bertz CT molecular complexity index is 557. The lowest BCUT2D eigenvalue weighted by atomic mass is 10.2. The molecule has 0 aliphatic heterocycles. The van der Waals surface area contributed by atoms with E-state index in [0.29, 0.717) is 18.1 Å². The molecule has 1 amide bonds. The zero-order valence-electron chi connectivity index (χ0n) is 11.0. The van der Waals surface area contributed by atoms with Crippen molar-refractivity contribution in [3.8, 4) is 0 Å². The second-order valence-electron chi connectivity index (χ2n) is 4.02. The second-order valence-corrected chi connectivity index (χ2v) is 4.02. The van der Waals surface area contributed by atoms with Crippen molar-refractivity contribution in [2.24, 2.45) is 0 Å². The average molecular weight is 261 g/mol. The Morgan fingerprint density at radius 1 is 1.32 bits per heavy atom. The van der Waals surface area contributed by atoms with E-state index in [1.54, 1.807) is 7.05 Å². The molecule has 2 aromatic rings. The van der Waals surface area contributed by atoms with Gasteiger partial charge in [-0.15, -0.1) is 0 Å². The molecule has 2 rings (SSSR count). The molecule has 0 aliphatic carbocycles. The third kappa shape index (κ3) is 2.87. The van der Waals surface area contributed by atoms with Gasteiger partial charge in [0.05, 0.1) is 18.1 Å². The van der Waals surface area contributed by atoms with Crippen LogP contribution < -0.4 is 10.6 Å². The predicted molar refractivity (Wildman–Crippen MR) is 68.7 cm³/mol. The Morgan fingerprint density at radius 2 is 2.11 bits per heavy atom. The number of amides is 1. The summed E-state index contributed by atoms with van der Waals surface area (Å²) in [5.74, 6) is 1.03. The monoisotopic (exact) mass is 261 g/mol. The minimum absolute atomic E-state index is 0.269. The Morgan fingerprint density at radius 3 is 2.63 bits per heavy atom. The number of carbonyl (C=O) groups is 1. The maximum atomic E-state index is 11.9. The van der Waals surface area contributed by atoms with Gasteiger partial charge in [-0.05, 0) is 13.8 Å².